The molecule has 3 nitrogen and oxygen atoms in total. The summed E-state index contributed by atoms with van der Waals surface area (Å²) in [6, 6.07) is 0.276. The van der Waals surface area contributed by atoms with Crippen molar-refractivity contribution in [3.8, 4) is 0 Å². The third kappa shape index (κ3) is 3.68. The summed E-state index contributed by atoms with van der Waals surface area (Å²) in [4.78, 5) is 12.9. The second kappa shape index (κ2) is 6.69. The molecule has 0 aromatic rings. The van der Waals surface area contributed by atoms with Crippen LogP contribution in [0, 0.1) is 17.3 Å². The van der Waals surface area contributed by atoms with Crippen molar-refractivity contribution >= 4 is 23.1 Å². The van der Waals surface area contributed by atoms with E-state index >= 15 is 0 Å². The molecule has 0 bridgehead atoms. The molecule has 0 spiro atoms. The monoisotopic (exact) mass is 284 g/mol. The fraction of sp³-hybridized carbons (Fsp3) is 0.867. The van der Waals surface area contributed by atoms with Crippen molar-refractivity contribution in [2.75, 3.05) is 0 Å². The summed E-state index contributed by atoms with van der Waals surface area (Å²) in [5, 5.41) is 3.20. The Morgan fingerprint density at radius 3 is 2.05 bits per heavy atom. The molecule has 1 rings (SSSR count). The Kier molecular flexibility index (Phi) is 5.78. The molecule has 1 saturated carbocycles. The van der Waals surface area contributed by atoms with Gasteiger partial charge in [0.15, 0.2) is 0 Å². The molecule has 2 unspecified atom stereocenters. The summed E-state index contributed by atoms with van der Waals surface area (Å²) >= 11 is 5.13. The molecule has 0 aliphatic heterocycles. The summed E-state index contributed by atoms with van der Waals surface area (Å²) in [5.74, 6) is 1.38. The van der Waals surface area contributed by atoms with Crippen molar-refractivity contribution in [1.29, 1.82) is 0 Å². The molecule has 0 heterocycles. The van der Waals surface area contributed by atoms with Gasteiger partial charge in [-0.2, -0.15) is 0 Å². The van der Waals surface area contributed by atoms with E-state index in [1.54, 1.807) is 0 Å². The second-order valence-corrected chi connectivity index (χ2v) is 6.68. The van der Waals surface area contributed by atoms with E-state index in [0.29, 0.717) is 29.7 Å². The van der Waals surface area contributed by atoms with Gasteiger partial charge in [0.1, 0.15) is 0 Å². The molecule has 1 fully saturated rings. The molecule has 3 N–H and O–H groups in total. The Balaban J connectivity index is 2.74. The summed E-state index contributed by atoms with van der Waals surface area (Å²) in [6.45, 7) is 8.48. The van der Waals surface area contributed by atoms with E-state index in [0.717, 1.165) is 12.8 Å². The number of thiocarbonyl (C=S) groups is 1. The van der Waals surface area contributed by atoms with E-state index in [1.807, 2.05) is 13.8 Å². The number of hydrogen-bond donors (Lipinski definition) is 2. The van der Waals surface area contributed by atoms with Gasteiger partial charge in [-0.1, -0.05) is 39.9 Å². The number of amides is 1. The van der Waals surface area contributed by atoms with Crippen LogP contribution in [-0.2, 0) is 4.79 Å². The first-order valence-corrected chi connectivity index (χ1v) is 7.87. The van der Waals surface area contributed by atoms with E-state index in [1.165, 1.54) is 6.42 Å². The highest BCUT2D eigenvalue weighted by molar-refractivity contribution is 7.80. The zero-order valence-electron chi connectivity index (χ0n) is 12.7. The molecule has 2 atom stereocenters. The van der Waals surface area contributed by atoms with E-state index < -0.39 is 5.41 Å². The van der Waals surface area contributed by atoms with Crippen molar-refractivity contribution in [2.45, 2.75) is 65.8 Å². The number of carbonyl (C=O) groups excluding carboxylic acids is 1. The molecular formula is C15H28N2OS. The van der Waals surface area contributed by atoms with Crippen molar-refractivity contribution in [1.82, 2.24) is 5.32 Å². The van der Waals surface area contributed by atoms with Crippen LogP contribution in [0.2, 0.25) is 0 Å². The lowest BCUT2D eigenvalue weighted by Gasteiger charge is -2.36. The number of nitrogens with two attached hydrogens (primary N) is 1. The summed E-state index contributed by atoms with van der Waals surface area (Å²) in [6.07, 6.45) is 4.73. The lowest BCUT2D eigenvalue weighted by Crippen LogP contribution is -2.52. The standard InChI is InChI=1S/C15H28N2OS/c1-5-15(6-2,13(16)19)14(18)17-12-8-10(3)7-11(4)9-12/h10-12H,5-9H2,1-4H3,(H2,16,19)(H,17,18). The van der Waals surface area contributed by atoms with Gasteiger partial charge >= 0.3 is 0 Å². The Morgan fingerprint density at radius 1 is 1.21 bits per heavy atom. The third-order valence-electron chi connectivity index (χ3n) is 4.63. The predicted octanol–water partition coefficient (Wildman–Crippen LogP) is 3.02. The largest absolute Gasteiger partial charge is 0.392 e. The number of carbonyl (C=O) groups is 1. The normalized spacial score (nSPS) is 27.9. The van der Waals surface area contributed by atoms with Crippen LogP contribution in [-0.4, -0.2) is 16.9 Å². The predicted molar refractivity (Wildman–Crippen MR) is 83.9 cm³/mol. The molecule has 19 heavy (non-hydrogen) atoms. The first kappa shape index (κ1) is 16.4. The van der Waals surface area contributed by atoms with Gasteiger partial charge in [0, 0.05) is 6.04 Å². The van der Waals surface area contributed by atoms with Gasteiger partial charge in [-0.25, -0.2) is 0 Å². The fourth-order valence-electron chi connectivity index (χ4n) is 3.42. The highest BCUT2D eigenvalue weighted by Crippen LogP contribution is 2.31. The van der Waals surface area contributed by atoms with Gasteiger partial charge < -0.3 is 11.1 Å². The summed E-state index contributed by atoms with van der Waals surface area (Å²) in [5.41, 5.74) is 5.16. The van der Waals surface area contributed by atoms with Crippen LogP contribution in [0.1, 0.15) is 59.8 Å². The van der Waals surface area contributed by atoms with Crippen molar-refractivity contribution < 1.29 is 4.79 Å². The lowest BCUT2D eigenvalue weighted by molar-refractivity contribution is -0.129. The zero-order valence-corrected chi connectivity index (χ0v) is 13.5. The molecule has 4 heteroatoms. The average Bonchev–Trinajstić information content (AvgIpc) is 2.29. The lowest BCUT2D eigenvalue weighted by atomic mass is 9.78. The second-order valence-electron chi connectivity index (χ2n) is 6.24. The highest BCUT2D eigenvalue weighted by atomic mass is 32.1. The quantitative estimate of drug-likeness (QED) is 0.763. The number of hydrogen-bond acceptors (Lipinski definition) is 2. The minimum Gasteiger partial charge on any atom is -0.392 e. The van der Waals surface area contributed by atoms with Crippen LogP contribution in [0.25, 0.3) is 0 Å². The Labute approximate surface area is 122 Å². The van der Waals surface area contributed by atoms with Crippen molar-refractivity contribution in [3.05, 3.63) is 0 Å². The molecule has 1 aliphatic carbocycles. The number of nitrogens with one attached hydrogen (secondary N) is 1. The van der Waals surface area contributed by atoms with E-state index in [2.05, 4.69) is 19.2 Å². The van der Waals surface area contributed by atoms with Crippen LogP contribution < -0.4 is 11.1 Å². The molecular weight excluding hydrogens is 256 g/mol. The Hall–Kier alpha value is -0.640. The van der Waals surface area contributed by atoms with Gasteiger partial charge in [0.25, 0.3) is 0 Å². The SMILES string of the molecule is CCC(CC)(C(=O)NC1CC(C)CC(C)C1)C(N)=S. The molecule has 0 aromatic heterocycles. The molecule has 0 radical (unpaired) electrons. The van der Waals surface area contributed by atoms with Crippen LogP contribution in [0.15, 0.2) is 0 Å². The van der Waals surface area contributed by atoms with Gasteiger partial charge in [0.05, 0.1) is 10.4 Å². The van der Waals surface area contributed by atoms with E-state index in [4.69, 9.17) is 18.0 Å². The Morgan fingerprint density at radius 2 is 1.68 bits per heavy atom. The maximum absolute atomic E-state index is 12.6. The van der Waals surface area contributed by atoms with Crippen LogP contribution >= 0.6 is 12.2 Å². The number of rotatable bonds is 5. The zero-order chi connectivity index (χ0) is 14.6. The van der Waals surface area contributed by atoms with Gasteiger partial charge in [-0.3, -0.25) is 4.79 Å². The topological polar surface area (TPSA) is 55.1 Å². The van der Waals surface area contributed by atoms with Crippen molar-refractivity contribution in [2.24, 2.45) is 23.0 Å². The van der Waals surface area contributed by atoms with Crippen LogP contribution in [0.3, 0.4) is 0 Å². The van der Waals surface area contributed by atoms with Gasteiger partial charge in [-0.15, -0.1) is 0 Å². The van der Waals surface area contributed by atoms with Crippen LogP contribution in [0.5, 0.6) is 0 Å². The summed E-state index contributed by atoms with van der Waals surface area (Å²) in [7, 11) is 0. The first-order valence-electron chi connectivity index (χ1n) is 7.46. The minimum atomic E-state index is -0.667. The first-order chi connectivity index (χ1) is 8.85. The summed E-state index contributed by atoms with van der Waals surface area (Å²) < 4.78 is 0. The maximum Gasteiger partial charge on any atom is 0.233 e. The van der Waals surface area contributed by atoms with E-state index in [-0.39, 0.29) is 11.9 Å². The molecule has 1 amide bonds. The smallest absolute Gasteiger partial charge is 0.233 e. The molecule has 1 aliphatic rings. The van der Waals surface area contributed by atoms with Crippen molar-refractivity contribution in [3.63, 3.8) is 0 Å². The third-order valence-corrected chi connectivity index (χ3v) is 5.02. The molecule has 0 saturated heterocycles. The average molecular weight is 284 g/mol. The maximum atomic E-state index is 12.6. The van der Waals surface area contributed by atoms with Crippen LogP contribution in [0.4, 0.5) is 0 Å². The van der Waals surface area contributed by atoms with E-state index in [9.17, 15) is 4.79 Å². The Bertz CT molecular complexity index is 329. The molecule has 110 valence electrons. The highest BCUT2D eigenvalue weighted by Gasteiger charge is 2.39. The fourth-order valence-corrected chi connectivity index (χ4v) is 3.80. The van der Waals surface area contributed by atoms with Gasteiger partial charge in [-0.05, 0) is 43.9 Å². The minimum absolute atomic E-state index is 0.0244. The van der Waals surface area contributed by atoms with Gasteiger partial charge in [0.2, 0.25) is 5.91 Å². The molecule has 0 aromatic carbocycles.